The molecule has 0 saturated heterocycles. The molecule has 1 aromatic heterocycles. The van der Waals surface area contributed by atoms with Crippen LogP contribution in [0, 0.1) is 10.1 Å². The van der Waals surface area contributed by atoms with Gasteiger partial charge in [-0.25, -0.2) is 4.79 Å². The highest BCUT2D eigenvalue weighted by atomic mass is 16.6. The summed E-state index contributed by atoms with van der Waals surface area (Å²) in [5.74, 6) is 0. The Labute approximate surface area is 164 Å². The number of anilines is 1. The standard InChI is InChI=1S/C20H26N4O4/c1-13(23-19(25)28-20(2,3)4)5-6-15-11-14(9-10-22-15)17-8-7-16(24(26)27)12-18(17)21/h7-13H,5-6,21H2,1-4H3,(H,23,25)/t13-/m0/s1. The first-order valence-electron chi connectivity index (χ1n) is 9.04. The van der Waals surface area contributed by atoms with Crippen LogP contribution in [0.15, 0.2) is 36.5 Å². The number of rotatable bonds is 6. The summed E-state index contributed by atoms with van der Waals surface area (Å²) in [5, 5.41) is 13.7. The van der Waals surface area contributed by atoms with Gasteiger partial charge in [-0.15, -0.1) is 0 Å². The molecule has 0 spiro atoms. The van der Waals surface area contributed by atoms with Crippen molar-refractivity contribution in [1.82, 2.24) is 10.3 Å². The van der Waals surface area contributed by atoms with Gasteiger partial charge in [0.2, 0.25) is 0 Å². The van der Waals surface area contributed by atoms with E-state index in [4.69, 9.17) is 10.5 Å². The number of carbonyl (C=O) groups is 1. The number of nitro groups is 1. The molecule has 1 atom stereocenters. The van der Waals surface area contributed by atoms with Gasteiger partial charge in [0, 0.05) is 41.3 Å². The van der Waals surface area contributed by atoms with Gasteiger partial charge in [-0.05, 0) is 64.3 Å². The zero-order chi connectivity index (χ0) is 20.9. The predicted octanol–water partition coefficient (Wildman–Crippen LogP) is 4.08. The molecule has 1 heterocycles. The molecule has 3 N–H and O–H groups in total. The second kappa shape index (κ2) is 8.69. The van der Waals surface area contributed by atoms with Crippen LogP contribution in [0.4, 0.5) is 16.2 Å². The lowest BCUT2D eigenvalue weighted by Gasteiger charge is -2.22. The lowest BCUT2D eigenvalue weighted by Crippen LogP contribution is -2.37. The molecule has 0 aliphatic rings. The average Bonchev–Trinajstić information content (AvgIpc) is 2.58. The smallest absolute Gasteiger partial charge is 0.407 e. The third-order valence-electron chi connectivity index (χ3n) is 3.97. The number of pyridine rings is 1. The van der Waals surface area contributed by atoms with Crippen LogP contribution in [0.1, 0.15) is 39.8 Å². The van der Waals surface area contributed by atoms with Gasteiger partial charge in [0.1, 0.15) is 5.60 Å². The Morgan fingerprint density at radius 1 is 1.32 bits per heavy atom. The van der Waals surface area contributed by atoms with Gasteiger partial charge in [0.05, 0.1) is 4.92 Å². The Balaban J connectivity index is 2.02. The van der Waals surface area contributed by atoms with Gasteiger partial charge in [-0.1, -0.05) is 0 Å². The van der Waals surface area contributed by atoms with Crippen LogP contribution in [-0.2, 0) is 11.2 Å². The minimum absolute atomic E-state index is 0.0439. The highest BCUT2D eigenvalue weighted by molar-refractivity contribution is 5.78. The number of nitro benzene ring substituents is 1. The molecular formula is C20H26N4O4. The molecule has 28 heavy (non-hydrogen) atoms. The number of benzene rings is 1. The molecule has 0 unspecified atom stereocenters. The first kappa shape index (κ1) is 21.1. The van der Waals surface area contributed by atoms with E-state index in [0.29, 0.717) is 24.1 Å². The molecule has 0 radical (unpaired) electrons. The maximum atomic E-state index is 11.8. The van der Waals surface area contributed by atoms with E-state index in [2.05, 4.69) is 10.3 Å². The number of alkyl carbamates (subject to hydrolysis) is 1. The lowest BCUT2D eigenvalue weighted by molar-refractivity contribution is -0.384. The zero-order valence-corrected chi connectivity index (χ0v) is 16.6. The third kappa shape index (κ3) is 6.22. The molecule has 2 rings (SSSR count). The topological polar surface area (TPSA) is 120 Å². The molecule has 0 aliphatic carbocycles. The summed E-state index contributed by atoms with van der Waals surface area (Å²) in [6.45, 7) is 7.35. The van der Waals surface area contributed by atoms with E-state index >= 15 is 0 Å². The summed E-state index contributed by atoms with van der Waals surface area (Å²) >= 11 is 0. The fourth-order valence-electron chi connectivity index (χ4n) is 2.65. The number of nitrogens with one attached hydrogen (secondary N) is 1. The molecule has 150 valence electrons. The third-order valence-corrected chi connectivity index (χ3v) is 3.97. The Bertz CT molecular complexity index is 862. The van der Waals surface area contributed by atoms with Crippen molar-refractivity contribution in [2.75, 3.05) is 5.73 Å². The molecule has 1 amide bonds. The van der Waals surface area contributed by atoms with Gasteiger partial charge < -0.3 is 15.8 Å². The molecule has 8 heteroatoms. The summed E-state index contributed by atoms with van der Waals surface area (Å²) in [7, 11) is 0. The van der Waals surface area contributed by atoms with Crippen molar-refractivity contribution < 1.29 is 14.5 Å². The minimum Gasteiger partial charge on any atom is -0.444 e. The maximum Gasteiger partial charge on any atom is 0.407 e. The summed E-state index contributed by atoms with van der Waals surface area (Å²) in [6, 6.07) is 8.05. The summed E-state index contributed by atoms with van der Waals surface area (Å²) < 4.78 is 5.25. The van der Waals surface area contributed by atoms with Crippen LogP contribution in [0.25, 0.3) is 11.1 Å². The largest absolute Gasteiger partial charge is 0.444 e. The van der Waals surface area contributed by atoms with Crippen LogP contribution >= 0.6 is 0 Å². The van der Waals surface area contributed by atoms with E-state index in [9.17, 15) is 14.9 Å². The van der Waals surface area contributed by atoms with Gasteiger partial charge in [0.15, 0.2) is 0 Å². The Kier molecular flexibility index (Phi) is 6.56. The van der Waals surface area contributed by atoms with Gasteiger partial charge in [-0.3, -0.25) is 15.1 Å². The first-order chi connectivity index (χ1) is 13.0. The van der Waals surface area contributed by atoms with E-state index in [1.54, 1.807) is 12.3 Å². The van der Waals surface area contributed by atoms with E-state index in [1.807, 2.05) is 39.8 Å². The minimum atomic E-state index is -0.537. The van der Waals surface area contributed by atoms with Crippen LogP contribution in [-0.4, -0.2) is 27.6 Å². The number of carbonyl (C=O) groups excluding carboxylic acids is 1. The number of nitrogens with zero attached hydrogens (tertiary/aromatic N) is 2. The zero-order valence-electron chi connectivity index (χ0n) is 16.6. The van der Waals surface area contributed by atoms with Crippen molar-refractivity contribution >= 4 is 17.5 Å². The molecule has 0 fully saturated rings. The quantitative estimate of drug-likeness (QED) is 0.438. The number of amides is 1. The van der Waals surface area contributed by atoms with Crippen molar-refractivity contribution in [3.63, 3.8) is 0 Å². The lowest BCUT2D eigenvalue weighted by atomic mass is 10.0. The Hall–Kier alpha value is -3.16. The Morgan fingerprint density at radius 2 is 2.04 bits per heavy atom. The average molecular weight is 386 g/mol. The number of ether oxygens (including phenoxy) is 1. The molecule has 0 bridgehead atoms. The van der Waals surface area contributed by atoms with Crippen molar-refractivity contribution in [2.24, 2.45) is 0 Å². The maximum absolute atomic E-state index is 11.8. The van der Waals surface area contributed by atoms with E-state index < -0.39 is 16.6 Å². The monoisotopic (exact) mass is 386 g/mol. The van der Waals surface area contributed by atoms with Crippen molar-refractivity contribution in [1.29, 1.82) is 0 Å². The SMILES string of the molecule is C[C@@H](CCc1cc(-c2ccc([N+](=O)[O-])cc2N)ccn1)NC(=O)OC(C)(C)C. The van der Waals surface area contributed by atoms with Crippen molar-refractivity contribution in [3.05, 3.63) is 52.3 Å². The predicted molar refractivity (Wildman–Crippen MR) is 108 cm³/mol. The van der Waals surface area contributed by atoms with Crippen molar-refractivity contribution in [3.8, 4) is 11.1 Å². The molecular weight excluding hydrogens is 360 g/mol. The number of hydrogen-bond acceptors (Lipinski definition) is 6. The summed E-state index contributed by atoms with van der Waals surface area (Å²) in [4.78, 5) is 26.6. The highest BCUT2D eigenvalue weighted by Gasteiger charge is 2.18. The molecule has 1 aromatic carbocycles. The first-order valence-corrected chi connectivity index (χ1v) is 9.04. The van der Waals surface area contributed by atoms with Gasteiger partial charge >= 0.3 is 6.09 Å². The fraction of sp³-hybridized carbons (Fsp3) is 0.400. The normalized spacial score (nSPS) is 12.3. The van der Waals surface area contributed by atoms with Crippen LogP contribution < -0.4 is 11.1 Å². The number of nitrogens with two attached hydrogens (primary N) is 1. The molecule has 8 nitrogen and oxygen atoms in total. The number of aryl methyl sites for hydroxylation is 1. The fourth-order valence-corrected chi connectivity index (χ4v) is 2.65. The van der Waals surface area contributed by atoms with Gasteiger partial charge in [-0.2, -0.15) is 0 Å². The van der Waals surface area contributed by atoms with E-state index in [1.165, 1.54) is 12.1 Å². The van der Waals surface area contributed by atoms with Gasteiger partial charge in [0.25, 0.3) is 5.69 Å². The summed E-state index contributed by atoms with van der Waals surface area (Å²) in [6.07, 6.45) is 2.57. The van der Waals surface area contributed by atoms with E-state index in [0.717, 1.165) is 11.3 Å². The van der Waals surface area contributed by atoms with Crippen molar-refractivity contribution in [2.45, 2.75) is 52.2 Å². The number of nitrogen functional groups attached to an aromatic ring is 1. The highest BCUT2D eigenvalue weighted by Crippen LogP contribution is 2.29. The number of aromatic nitrogens is 1. The number of non-ortho nitro benzene ring substituents is 1. The second-order valence-corrected chi connectivity index (χ2v) is 7.65. The van der Waals surface area contributed by atoms with Crippen LogP contribution in [0.5, 0.6) is 0 Å². The molecule has 2 aromatic rings. The van der Waals surface area contributed by atoms with Crippen LogP contribution in [0.2, 0.25) is 0 Å². The number of hydrogen-bond donors (Lipinski definition) is 2. The van der Waals surface area contributed by atoms with Crippen LogP contribution in [0.3, 0.4) is 0 Å². The summed E-state index contributed by atoms with van der Waals surface area (Å²) in [5.41, 5.74) is 8.14. The second-order valence-electron chi connectivity index (χ2n) is 7.65. The molecule has 0 saturated carbocycles. The Morgan fingerprint density at radius 3 is 2.64 bits per heavy atom. The van der Waals surface area contributed by atoms with E-state index in [-0.39, 0.29) is 11.7 Å². The molecule has 0 aliphatic heterocycles.